The van der Waals surface area contributed by atoms with E-state index in [1.165, 1.54) is 327 Å². The molecule has 2 unspecified atom stereocenters. The molecule has 0 aliphatic carbocycles. The van der Waals surface area contributed by atoms with Crippen LogP contribution in [0.4, 0.5) is 0 Å². The third kappa shape index (κ3) is 65.5. The molecule has 0 saturated carbocycles. The maximum Gasteiger partial charge on any atom is 0.305 e. The summed E-state index contributed by atoms with van der Waals surface area (Å²) in [6.45, 7) is 4.93. The summed E-state index contributed by atoms with van der Waals surface area (Å²) in [5.74, 6) is -0.0199. The Labute approximate surface area is 501 Å². The molecule has 0 aromatic carbocycles. The molecule has 0 aromatic heterocycles. The second-order valence-electron chi connectivity index (χ2n) is 25.3. The highest BCUT2D eigenvalue weighted by atomic mass is 16.5. The molecule has 474 valence electrons. The topological polar surface area (TPSA) is 95.9 Å². The van der Waals surface area contributed by atoms with Crippen LogP contribution in [-0.4, -0.2) is 47.4 Å². The average Bonchev–Trinajstić information content (AvgIpc) is 3.46. The predicted octanol–water partition coefficient (Wildman–Crippen LogP) is 23.7. The van der Waals surface area contributed by atoms with E-state index in [2.05, 4.69) is 43.5 Å². The molecule has 0 aliphatic heterocycles. The largest absolute Gasteiger partial charge is 0.466 e. The molecule has 80 heavy (non-hydrogen) atoms. The van der Waals surface area contributed by atoms with Crippen LogP contribution in [0.15, 0.2) is 24.3 Å². The lowest BCUT2D eigenvalue weighted by molar-refractivity contribution is -0.143. The molecular weight excluding hydrogens is 983 g/mol. The maximum absolute atomic E-state index is 12.5. The van der Waals surface area contributed by atoms with Crippen molar-refractivity contribution in [1.29, 1.82) is 0 Å². The number of nitrogens with one attached hydrogen (secondary N) is 1. The van der Waals surface area contributed by atoms with E-state index < -0.39 is 12.1 Å². The van der Waals surface area contributed by atoms with Gasteiger partial charge < -0.3 is 20.3 Å². The standard InChI is InChI=1S/C74H143NO5/c1-3-5-7-9-11-13-15-17-18-19-36-39-43-46-50-54-58-62-66-72(77)71(70-76)75-73(78)67-63-59-55-51-47-44-40-37-34-32-30-28-26-24-22-20-21-23-25-27-29-31-33-35-38-41-45-49-53-57-61-65-69-80-74(79)68-64-60-56-52-48-42-16-14-12-10-8-6-4-2/h8,10,14,16,71-72,76-77H,3-7,9,11-13,15,17-70H2,1-2H3,(H,75,78)/b10-8-,16-14-. The number of esters is 1. The minimum absolute atomic E-state index is 0.00642. The summed E-state index contributed by atoms with van der Waals surface area (Å²) in [5.41, 5.74) is 0. The van der Waals surface area contributed by atoms with Gasteiger partial charge in [-0.25, -0.2) is 0 Å². The fourth-order valence-corrected chi connectivity index (χ4v) is 11.7. The van der Waals surface area contributed by atoms with E-state index in [1.807, 2.05) is 0 Å². The van der Waals surface area contributed by atoms with Gasteiger partial charge in [-0.2, -0.15) is 0 Å². The minimum Gasteiger partial charge on any atom is -0.466 e. The highest BCUT2D eigenvalue weighted by molar-refractivity contribution is 5.76. The highest BCUT2D eigenvalue weighted by Crippen LogP contribution is 2.20. The van der Waals surface area contributed by atoms with Gasteiger partial charge in [-0.15, -0.1) is 0 Å². The average molecular weight is 1130 g/mol. The van der Waals surface area contributed by atoms with Gasteiger partial charge in [-0.1, -0.05) is 372 Å². The Morgan fingerprint density at radius 3 is 1.00 bits per heavy atom. The number of carbonyl (C=O) groups is 2. The van der Waals surface area contributed by atoms with Crippen LogP contribution >= 0.6 is 0 Å². The quantitative estimate of drug-likeness (QED) is 0.0320. The van der Waals surface area contributed by atoms with E-state index in [-0.39, 0.29) is 18.5 Å². The molecule has 6 nitrogen and oxygen atoms in total. The number of amides is 1. The third-order valence-electron chi connectivity index (χ3n) is 17.2. The van der Waals surface area contributed by atoms with Crippen molar-refractivity contribution in [1.82, 2.24) is 5.32 Å². The number of aliphatic hydroxyl groups excluding tert-OH is 2. The van der Waals surface area contributed by atoms with Crippen molar-refractivity contribution < 1.29 is 24.5 Å². The van der Waals surface area contributed by atoms with Crippen molar-refractivity contribution >= 4 is 11.9 Å². The molecular formula is C74H143NO5. The normalized spacial score (nSPS) is 12.6. The molecule has 0 aliphatic rings. The first-order chi connectivity index (χ1) is 39.5. The zero-order valence-corrected chi connectivity index (χ0v) is 54.3. The Morgan fingerprint density at radius 1 is 0.350 bits per heavy atom. The van der Waals surface area contributed by atoms with Gasteiger partial charge >= 0.3 is 5.97 Å². The van der Waals surface area contributed by atoms with E-state index in [1.54, 1.807) is 0 Å². The van der Waals surface area contributed by atoms with Gasteiger partial charge in [0.25, 0.3) is 0 Å². The lowest BCUT2D eigenvalue weighted by atomic mass is 10.0. The smallest absolute Gasteiger partial charge is 0.305 e. The second kappa shape index (κ2) is 69.8. The number of aliphatic hydroxyl groups is 2. The van der Waals surface area contributed by atoms with Gasteiger partial charge in [0, 0.05) is 12.8 Å². The first-order valence-corrected chi connectivity index (χ1v) is 36.6. The Kier molecular flexibility index (Phi) is 68.4. The molecule has 0 fully saturated rings. The van der Waals surface area contributed by atoms with Gasteiger partial charge in [0.05, 0.1) is 25.4 Å². The molecule has 0 rings (SSSR count). The lowest BCUT2D eigenvalue weighted by Crippen LogP contribution is -2.45. The first kappa shape index (κ1) is 78.3. The van der Waals surface area contributed by atoms with Crippen molar-refractivity contribution in [2.75, 3.05) is 13.2 Å². The summed E-state index contributed by atoms with van der Waals surface area (Å²) < 4.78 is 5.48. The van der Waals surface area contributed by atoms with E-state index >= 15 is 0 Å². The van der Waals surface area contributed by atoms with Gasteiger partial charge in [0.15, 0.2) is 0 Å². The molecule has 0 aromatic rings. The van der Waals surface area contributed by atoms with E-state index in [9.17, 15) is 19.8 Å². The Hall–Kier alpha value is -1.66. The summed E-state index contributed by atoms with van der Waals surface area (Å²) in [6.07, 6.45) is 88.2. The van der Waals surface area contributed by atoms with Crippen molar-refractivity contribution in [3.8, 4) is 0 Å². The second-order valence-corrected chi connectivity index (χ2v) is 25.3. The summed E-state index contributed by atoms with van der Waals surface area (Å²) >= 11 is 0. The van der Waals surface area contributed by atoms with Crippen molar-refractivity contribution in [2.24, 2.45) is 0 Å². The van der Waals surface area contributed by atoms with Crippen LogP contribution in [0.5, 0.6) is 0 Å². The van der Waals surface area contributed by atoms with E-state index in [0.717, 1.165) is 51.4 Å². The minimum atomic E-state index is -0.661. The number of hydrogen-bond donors (Lipinski definition) is 3. The third-order valence-corrected chi connectivity index (χ3v) is 17.2. The monoisotopic (exact) mass is 1130 g/mol. The molecule has 2 atom stereocenters. The van der Waals surface area contributed by atoms with E-state index in [4.69, 9.17) is 4.74 Å². The van der Waals surface area contributed by atoms with Crippen LogP contribution in [0.2, 0.25) is 0 Å². The number of ether oxygens (including phenoxy) is 1. The van der Waals surface area contributed by atoms with Crippen LogP contribution in [-0.2, 0) is 14.3 Å². The van der Waals surface area contributed by atoms with Crippen molar-refractivity contribution in [3.63, 3.8) is 0 Å². The van der Waals surface area contributed by atoms with E-state index in [0.29, 0.717) is 25.9 Å². The summed E-state index contributed by atoms with van der Waals surface area (Å²) in [6, 6.07) is -0.538. The number of carbonyl (C=O) groups excluding carboxylic acids is 2. The first-order valence-electron chi connectivity index (χ1n) is 36.6. The summed E-state index contributed by atoms with van der Waals surface area (Å²) in [7, 11) is 0. The Bertz CT molecular complexity index is 1250. The fraction of sp³-hybridized carbons (Fsp3) is 0.919. The molecule has 0 spiro atoms. The van der Waals surface area contributed by atoms with Crippen LogP contribution in [0.1, 0.15) is 412 Å². The Balaban J connectivity index is 3.32. The SMILES string of the molecule is CCC/C=C\C/C=C\CCCCCCCC(=O)OCCCCCCCCCCCCCCCCCCCCCCCCCCCCCCCCCCC(=O)NC(CO)C(O)CCCCCCCCCCCCCCCCCCCC. The molecule has 0 saturated heterocycles. The lowest BCUT2D eigenvalue weighted by Gasteiger charge is -2.22. The predicted molar refractivity (Wildman–Crippen MR) is 352 cm³/mol. The maximum atomic E-state index is 12.5. The molecule has 0 heterocycles. The summed E-state index contributed by atoms with van der Waals surface area (Å²) in [5, 5.41) is 23.4. The van der Waals surface area contributed by atoms with Crippen LogP contribution in [0.3, 0.4) is 0 Å². The van der Waals surface area contributed by atoms with Crippen molar-refractivity contribution in [2.45, 2.75) is 424 Å². The highest BCUT2D eigenvalue weighted by Gasteiger charge is 2.20. The van der Waals surface area contributed by atoms with Gasteiger partial charge in [-0.05, 0) is 51.4 Å². The zero-order valence-electron chi connectivity index (χ0n) is 54.3. The zero-order chi connectivity index (χ0) is 57.8. The summed E-state index contributed by atoms with van der Waals surface area (Å²) in [4.78, 5) is 24.6. The van der Waals surface area contributed by atoms with Crippen LogP contribution in [0.25, 0.3) is 0 Å². The molecule has 6 heteroatoms. The van der Waals surface area contributed by atoms with Gasteiger partial charge in [-0.3, -0.25) is 9.59 Å². The number of unbranched alkanes of at least 4 members (excludes halogenated alkanes) is 54. The molecule has 0 radical (unpaired) electrons. The van der Waals surface area contributed by atoms with Crippen LogP contribution in [0, 0.1) is 0 Å². The van der Waals surface area contributed by atoms with Crippen molar-refractivity contribution in [3.05, 3.63) is 24.3 Å². The molecule has 3 N–H and O–H groups in total. The molecule has 0 bridgehead atoms. The van der Waals surface area contributed by atoms with Gasteiger partial charge in [0.1, 0.15) is 0 Å². The number of hydrogen-bond acceptors (Lipinski definition) is 5. The number of allylic oxidation sites excluding steroid dienone is 4. The Morgan fingerprint density at radius 2 is 0.650 bits per heavy atom. The van der Waals surface area contributed by atoms with Gasteiger partial charge in [0.2, 0.25) is 5.91 Å². The fourth-order valence-electron chi connectivity index (χ4n) is 11.7. The molecule has 1 amide bonds. The number of rotatable bonds is 69. The van der Waals surface area contributed by atoms with Crippen LogP contribution < -0.4 is 5.32 Å².